The van der Waals surface area contributed by atoms with Crippen molar-refractivity contribution in [2.45, 2.75) is 202 Å². The first-order chi connectivity index (χ1) is 27.4. The van der Waals surface area contributed by atoms with Gasteiger partial charge in [-0.25, -0.2) is 0 Å². The van der Waals surface area contributed by atoms with E-state index in [4.69, 9.17) is 35.3 Å². The van der Waals surface area contributed by atoms with E-state index in [0.29, 0.717) is 51.4 Å². The van der Waals surface area contributed by atoms with E-state index in [0.717, 1.165) is 90.9 Å². The quantitative estimate of drug-likeness (QED) is 0.0377. The third-order valence-corrected chi connectivity index (χ3v) is 18.4. The summed E-state index contributed by atoms with van der Waals surface area (Å²) >= 11 is 0. The third kappa shape index (κ3) is 17.1. The maximum atomic E-state index is 13.3. The highest BCUT2D eigenvalue weighted by molar-refractivity contribution is 7.88. The molecule has 6 unspecified atom stereocenters. The largest absolute Gasteiger partial charge is 0.511 e. The number of hydrogen-bond acceptors (Lipinski definition) is 18. The molecule has 4 aliphatic carbocycles. The zero-order valence-corrected chi connectivity index (χ0v) is 38.5. The molecular formula is C34H62O18P2S4+2. The Bertz CT molecular complexity index is 1610. The van der Waals surface area contributed by atoms with Crippen molar-refractivity contribution in [1.29, 1.82) is 0 Å². The maximum Gasteiger partial charge on any atom is 0.511 e. The Morgan fingerprint density at radius 3 is 0.914 bits per heavy atom. The Morgan fingerprint density at radius 2 is 0.655 bits per heavy atom. The van der Waals surface area contributed by atoms with Crippen molar-refractivity contribution in [1.82, 2.24) is 0 Å². The summed E-state index contributed by atoms with van der Waals surface area (Å²) in [5, 5.41) is 0. The van der Waals surface area contributed by atoms with E-state index in [1.807, 2.05) is 0 Å². The fourth-order valence-electron chi connectivity index (χ4n) is 7.17. The highest BCUT2D eigenvalue weighted by atomic mass is 32.2. The maximum absolute atomic E-state index is 13.3. The minimum Gasteiger partial charge on any atom is -0.313 e. The van der Waals surface area contributed by atoms with Gasteiger partial charge in [0.25, 0.3) is 20.2 Å². The van der Waals surface area contributed by atoms with Gasteiger partial charge in [-0.2, -0.15) is 33.7 Å². The van der Waals surface area contributed by atoms with Crippen LogP contribution in [0.15, 0.2) is 0 Å². The van der Waals surface area contributed by atoms with E-state index >= 15 is 0 Å². The molecule has 4 saturated carbocycles. The number of hydrogen-bond donors (Lipinski definition) is 0. The van der Waals surface area contributed by atoms with E-state index in [2.05, 4.69) is 0 Å². The molecule has 0 aromatic carbocycles. The molecule has 0 aromatic heterocycles. The van der Waals surface area contributed by atoms with Gasteiger partial charge in [-0.05, 0) is 87.2 Å². The van der Waals surface area contributed by atoms with E-state index in [1.165, 1.54) is 0 Å². The van der Waals surface area contributed by atoms with Crippen molar-refractivity contribution in [3.63, 3.8) is 0 Å². The summed E-state index contributed by atoms with van der Waals surface area (Å²) in [5.41, 5.74) is -8.38. The van der Waals surface area contributed by atoms with E-state index in [1.54, 1.807) is 0 Å². The summed E-state index contributed by atoms with van der Waals surface area (Å²) in [5.74, 6) is 0. The van der Waals surface area contributed by atoms with E-state index in [-0.39, 0.29) is 25.2 Å². The average molecular weight is 949 g/mol. The molecule has 4 aliphatic rings. The van der Waals surface area contributed by atoms with Crippen molar-refractivity contribution >= 4 is 56.5 Å². The molecule has 338 valence electrons. The Morgan fingerprint density at radius 1 is 0.414 bits per heavy atom. The second kappa shape index (κ2) is 23.9. The Hall–Kier alpha value is -0.320. The number of ether oxygens (including phenoxy) is 2. The Labute approximate surface area is 347 Å². The van der Waals surface area contributed by atoms with Crippen LogP contribution >= 0.6 is 16.1 Å². The van der Waals surface area contributed by atoms with Gasteiger partial charge in [0.1, 0.15) is 0 Å². The third-order valence-electron chi connectivity index (χ3n) is 10.5. The fourth-order valence-corrected chi connectivity index (χ4v) is 14.2. The molecule has 24 heteroatoms. The first-order valence-corrected chi connectivity index (χ1v) is 29.2. The minimum absolute atomic E-state index is 0.00535. The van der Waals surface area contributed by atoms with Crippen LogP contribution in [0.25, 0.3) is 0 Å². The molecule has 0 aliphatic heterocycles. The van der Waals surface area contributed by atoms with Crippen molar-refractivity contribution in [3.8, 4) is 0 Å². The van der Waals surface area contributed by atoms with Crippen LogP contribution in [0, 0.1) is 0 Å². The van der Waals surface area contributed by atoms with Crippen molar-refractivity contribution in [3.05, 3.63) is 0 Å². The highest BCUT2D eigenvalue weighted by Crippen LogP contribution is 2.36. The molecule has 4 rings (SSSR count). The normalized spacial score (nSPS) is 23.2. The molecule has 4 fully saturated rings. The lowest BCUT2D eigenvalue weighted by molar-refractivity contribution is -0.0432. The first-order valence-electron chi connectivity index (χ1n) is 20.6. The number of unbranched alkanes of at least 4 members (excludes halogenated alkanes) is 1. The van der Waals surface area contributed by atoms with Gasteiger partial charge in [-0.15, -0.1) is 0 Å². The average Bonchev–Trinajstić information content (AvgIpc) is 3.17. The molecule has 0 N–H and O–H groups in total. The molecule has 18 nitrogen and oxygen atoms in total. The van der Waals surface area contributed by atoms with Gasteiger partial charge >= 0.3 is 47.5 Å². The molecule has 58 heavy (non-hydrogen) atoms. The number of rotatable bonds is 25. The second-order valence-electron chi connectivity index (χ2n) is 15.4. The zero-order chi connectivity index (χ0) is 42.4. The Balaban J connectivity index is 1.35. The van der Waals surface area contributed by atoms with Gasteiger partial charge in [-0.1, -0.05) is 86.1 Å². The molecule has 6 atom stereocenters. The predicted octanol–water partition coefficient (Wildman–Crippen LogP) is 7.29. The topological polar surface area (TPSA) is 245 Å². The van der Waals surface area contributed by atoms with Crippen molar-refractivity contribution < 1.29 is 78.1 Å². The molecule has 0 spiro atoms. The van der Waals surface area contributed by atoms with Crippen LogP contribution < -0.4 is 0 Å². The predicted molar refractivity (Wildman–Crippen MR) is 213 cm³/mol. The molecule has 0 aromatic rings. The second-order valence-corrected chi connectivity index (χ2v) is 24.9. The molecule has 0 bridgehead atoms. The van der Waals surface area contributed by atoms with Crippen LogP contribution in [0.5, 0.6) is 0 Å². The first kappa shape index (κ1) is 50.3. The standard InChI is InChI=1S/C34H62O18P2S4/c1-27(55(37,38)49-29-17-7-3-8-18-29)45-33(57(41,42)51-31-21-11-5-12-22-31)47-53(35)25-15-16-26-54(36)48-34(58(43,44)52-32-23-13-6-14-24-32)46-28(2)56(39,40)50-30-19-9-4-10-20-30/h27-34H,3-26H2,1-2H3/q+2. The SMILES string of the molecule is CC(OC(O[P+](=O)CCCC[P+](=O)OC(OC(C)S(=O)(=O)OC1CCCCC1)S(=O)(=O)OC1CCCCC1)S(=O)(=O)OC1CCCCC1)S(=O)(=O)OC1CCCCC1. The Kier molecular flexibility index (Phi) is 20.8. The monoisotopic (exact) mass is 948 g/mol. The highest BCUT2D eigenvalue weighted by Gasteiger charge is 2.45. The van der Waals surface area contributed by atoms with Crippen molar-refractivity contribution in [2.75, 3.05) is 12.3 Å². The molecular weight excluding hydrogens is 887 g/mol. The summed E-state index contributed by atoms with van der Waals surface area (Å²) < 4.78 is 174. The molecule has 0 saturated heterocycles. The van der Waals surface area contributed by atoms with Gasteiger partial charge in [0.15, 0.2) is 23.2 Å². The zero-order valence-electron chi connectivity index (χ0n) is 33.5. The summed E-state index contributed by atoms with van der Waals surface area (Å²) in [4.78, 5) is 0. The van der Waals surface area contributed by atoms with Gasteiger partial charge < -0.3 is 9.47 Å². The van der Waals surface area contributed by atoms with Gasteiger partial charge in [0.05, 0.1) is 24.4 Å². The van der Waals surface area contributed by atoms with Crippen LogP contribution in [-0.4, -0.2) is 92.5 Å². The van der Waals surface area contributed by atoms with Crippen LogP contribution in [0.4, 0.5) is 0 Å². The van der Waals surface area contributed by atoms with E-state index in [9.17, 15) is 42.8 Å². The van der Waals surface area contributed by atoms with Crippen LogP contribution in [0.3, 0.4) is 0 Å². The molecule has 0 heterocycles. The summed E-state index contributed by atoms with van der Waals surface area (Å²) in [7, 11) is -24.1. The van der Waals surface area contributed by atoms with E-state index < -0.39 is 103 Å². The van der Waals surface area contributed by atoms with Crippen LogP contribution in [-0.2, 0) is 84.9 Å². The van der Waals surface area contributed by atoms with Gasteiger partial charge in [0.2, 0.25) is 0 Å². The summed E-state index contributed by atoms with van der Waals surface area (Å²) in [6, 6.07) is 0. The lowest BCUT2D eigenvalue weighted by Crippen LogP contribution is -2.38. The van der Waals surface area contributed by atoms with Gasteiger partial charge in [0, 0.05) is 0 Å². The van der Waals surface area contributed by atoms with Crippen LogP contribution in [0.2, 0.25) is 0 Å². The van der Waals surface area contributed by atoms with Gasteiger partial charge in [-0.3, -0.25) is 16.7 Å². The summed E-state index contributed by atoms with van der Waals surface area (Å²) in [6.45, 7) is 2.18. The van der Waals surface area contributed by atoms with Crippen molar-refractivity contribution in [2.24, 2.45) is 0 Å². The summed E-state index contributed by atoms with van der Waals surface area (Å²) in [6.07, 6.45) is 10.5. The fraction of sp³-hybridized carbons (Fsp3) is 1.00. The lowest BCUT2D eigenvalue weighted by Gasteiger charge is -2.26. The lowest BCUT2D eigenvalue weighted by atomic mass is 9.98. The molecule has 0 radical (unpaired) electrons. The minimum atomic E-state index is -4.77. The van der Waals surface area contributed by atoms with Crippen LogP contribution in [0.1, 0.15) is 155 Å². The molecule has 0 amide bonds. The smallest absolute Gasteiger partial charge is 0.313 e.